The predicted octanol–water partition coefficient (Wildman–Crippen LogP) is 2.02. The Hall–Kier alpha value is -2.16. The van der Waals surface area contributed by atoms with Gasteiger partial charge in [0.15, 0.2) is 11.8 Å². The lowest BCUT2D eigenvalue weighted by Crippen LogP contribution is -2.47. The number of hydrogen-bond donors (Lipinski definition) is 2. The molecule has 1 aliphatic heterocycles. The van der Waals surface area contributed by atoms with Crippen molar-refractivity contribution in [1.82, 2.24) is 30.4 Å². The highest BCUT2D eigenvalue weighted by Gasteiger charge is 2.30. The highest BCUT2D eigenvalue weighted by molar-refractivity contribution is 14.0. The second-order valence-corrected chi connectivity index (χ2v) is 6.67. The maximum atomic E-state index is 12.5. The standard InChI is InChI=1S/C18H24F3N7O2.HI/c1-22-17(23-7-8-30-16-6-3-12(9-24-16)18(19,20)21)25-13-4-5-15-26-14(11-29-2)27-28(15)10-13;/h3,6,9,13H,4-5,7-8,10-11H2,1-2H3,(H2,22,23,25);1H. The number of guanidine groups is 1. The van der Waals surface area contributed by atoms with Gasteiger partial charge in [-0.2, -0.15) is 18.3 Å². The first-order valence-corrected chi connectivity index (χ1v) is 9.44. The molecule has 172 valence electrons. The molecule has 0 aliphatic carbocycles. The Morgan fingerprint density at radius 1 is 1.35 bits per heavy atom. The van der Waals surface area contributed by atoms with E-state index in [4.69, 9.17) is 9.47 Å². The summed E-state index contributed by atoms with van der Waals surface area (Å²) in [4.78, 5) is 12.3. The molecule has 3 rings (SSSR count). The number of rotatable bonds is 7. The lowest BCUT2D eigenvalue weighted by atomic mass is 10.1. The monoisotopic (exact) mass is 555 g/mol. The van der Waals surface area contributed by atoms with E-state index in [1.54, 1.807) is 14.2 Å². The molecule has 1 atom stereocenters. The number of ether oxygens (including phenoxy) is 2. The van der Waals surface area contributed by atoms with E-state index in [0.717, 1.165) is 30.9 Å². The van der Waals surface area contributed by atoms with E-state index < -0.39 is 11.7 Å². The van der Waals surface area contributed by atoms with E-state index in [2.05, 4.69) is 30.7 Å². The van der Waals surface area contributed by atoms with Crippen molar-refractivity contribution in [3.8, 4) is 5.88 Å². The number of nitrogens with zero attached hydrogens (tertiary/aromatic N) is 5. The number of aromatic nitrogens is 4. The first kappa shape index (κ1) is 25.1. The lowest BCUT2D eigenvalue weighted by molar-refractivity contribution is -0.137. The van der Waals surface area contributed by atoms with E-state index in [0.29, 0.717) is 31.5 Å². The zero-order valence-electron chi connectivity index (χ0n) is 17.1. The van der Waals surface area contributed by atoms with Gasteiger partial charge in [0.25, 0.3) is 0 Å². The average Bonchev–Trinajstić information content (AvgIpc) is 3.12. The molecule has 0 radical (unpaired) electrons. The number of nitrogens with one attached hydrogen (secondary N) is 2. The van der Waals surface area contributed by atoms with Crippen molar-refractivity contribution in [2.45, 2.75) is 38.2 Å². The van der Waals surface area contributed by atoms with Gasteiger partial charge in [-0.25, -0.2) is 14.6 Å². The van der Waals surface area contributed by atoms with Crippen LogP contribution < -0.4 is 15.4 Å². The van der Waals surface area contributed by atoms with Crippen molar-refractivity contribution < 1.29 is 22.6 Å². The quantitative estimate of drug-likeness (QED) is 0.234. The number of pyridine rings is 1. The predicted molar refractivity (Wildman–Crippen MR) is 117 cm³/mol. The van der Waals surface area contributed by atoms with Crippen molar-refractivity contribution in [3.63, 3.8) is 0 Å². The van der Waals surface area contributed by atoms with Crippen LogP contribution in [-0.4, -0.2) is 59.1 Å². The van der Waals surface area contributed by atoms with Gasteiger partial charge < -0.3 is 20.1 Å². The van der Waals surface area contributed by atoms with E-state index >= 15 is 0 Å². The molecule has 0 saturated heterocycles. The van der Waals surface area contributed by atoms with Crippen LogP contribution >= 0.6 is 24.0 Å². The van der Waals surface area contributed by atoms with Crippen molar-refractivity contribution in [2.24, 2.45) is 4.99 Å². The number of aryl methyl sites for hydroxylation is 1. The van der Waals surface area contributed by atoms with Crippen LogP contribution in [0.1, 0.15) is 23.6 Å². The summed E-state index contributed by atoms with van der Waals surface area (Å²) in [5.41, 5.74) is -0.810. The van der Waals surface area contributed by atoms with Gasteiger partial charge in [-0.3, -0.25) is 4.99 Å². The summed E-state index contributed by atoms with van der Waals surface area (Å²) in [6.45, 7) is 1.67. The largest absolute Gasteiger partial charge is 0.476 e. The molecule has 3 heterocycles. The van der Waals surface area contributed by atoms with Gasteiger partial charge in [0.1, 0.15) is 19.0 Å². The van der Waals surface area contributed by atoms with Crippen molar-refractivity contribution >= 4 is 29.9 Å². The Kier molecular flexibility index (Phi) is 9.28. The smallest absolute Gasteiger partial charge is 0.417 e. The van der Waals surface area contributed by atoms with Crippen LogP contribution in [0.25, 0.3) is 0 Å². The second-order valence-electron chi connectivity index (χ2n) is 6.67. The number of hydrogen-bond acceptors (Lipinski definition) is 6. The molecule has 0 aromatic carbocycles. The zero-order valence-corrected chi connectivity index (χ0v) is 19.5. The van der Waals surface area contributed by atoms with Crippen molar-refractivity contribution in [1.29, 1.82) is 0 Å². The molecular formula is C18H25F3IN7O2. The molecule has 0 bridgehead atoms. The van der Waals surface area contributed by atoms with E-state index in [-0.39, 0.29) is 42.5 Å². The molecule has 2 aromatic rings. The zero-order chi connectivity index (χ0) is 21.6. The van der Waals surface area contributed by atoms with E-state index in [9.17, 15) is 13.2 Å². The third kappa shape index (κ3) is 7.19. The van der Waals surface area contributed by atoms with Crippen LogP contribution in [0, 0.1) is 0 Å². The number of methoxy groups -OCH3 is 1. The van der Waals surface area contributed by atoms with Gasteiger partial charge in [0, 0.05) is 38.9 Å². The fourth-order valence-corrected chi connectivity index (χ4v) is 3.02. The maximum absolute atomic E-state index is 12.5. The molecule has 31 heavy (non-hydrogen) atoms. The number of alkyl halides is 3. The minimum atomic E-state index is -4.41. The van der Waals surface area contributed by atoms with Crippen LogP contribution in [0.15, 0.2) is 23.3 Å². The topological polar surface area (TPSA) is 98.5 Å². The molecule has 1 unspecified atom stereocenters. The molecule has 0 fully saturated rings. The average molecular weight is 555 g/mol. The SMILES string of the molecule is CN=C(NCCOc1ccc(C(F)(F)F)cn1)NC1CCc2nc(COC)nn2C1.I. The molecule has 0 amide bonds. The van der Waals surface area contributed by atoms with Crippen molar-refractivity contribution in [2.75, 3.05) is 27.3 Å². The van der Waals surface area contributed by atoms with Crippen LogP contribution in [0.2, 0.25) is 0 Å². The molecule has 13 heteroatoms. The molecule has 2 N–H and O–H groups in total. The minimum absolute atomic E-state index is 0. The van der Waals surface area contributed by atoms with Crippen LogP contribution in [0.4, 0.5) is 13.2 Å². The van der Waals surface area contributed by atoms with E-state index in [1.165, 1.54) is 6.07 Å². The Labute approximate surface area is 194 Å². The first-order valence-electron chi connectivity index (χ1n) is 9.44. The third-order valence-corrected chi connectivity index (χ3v) is 4.45. The van der Waals surface area contributed by atoms with Gasteiger partial charge in [0.05, 0.1) is 18.7 Å². The van der Waals surface area contributed by atoms with Crippen molar-refractivity contribution in [3.05, 3.63) is 35.5 Å². The summed E-state index contributed by atoms with van der Waals surface area (Å²) in [6.07, 6.45) is -1.97. The molecule has 9 nitrogen and oxygen atoms in total. The summed E-state index contributed by atoms with van der Waals surface area (Å²) in [6, 6.07) is 2.28. The molecule has 2 aromatic heterocycles. The van der Waals surface area contributed by atoms with Crippen LogP contribution in [0.5, 0.6) is 5.88 Å². The van der Waals surface area contributed by atoms with Gasteiger partial charge >= 0.3 is 6.18 Å². The fraction of sp³-hybridized carbons (Fsp3) is 0.556. The Bertz CT molecular complexity index is 859. The van der Waals surface area contributed by atoms with Gasteiger partial charge in [0.2, 0.25) is 5.88 Å². The summed E-state index contributed by atoms with van der Waals surface area (Å²) in [5.74, 6) is 2.35. The Balaban J connectivity index is 0.00000341. The molecule has 1 aliphatic rings. The van der Waals surface area contributed by atoms with Gasteiger partial charge in [-0.15, -0.1) is 24.0 Å². The van der Waals surface area contributed by atoms with Crippen LogP contribution in [0.3, 0.4) is 0 Å². The summed E-state index contributed by atoms with van der Waals surface area (Å²) < 4.78 is 49.9. The van der Waals surface area contributed by atoms with E-state index in [1.807, 2.05) is 4.68 Å². The van der Waals surface area contributed by atoms with Gasteiger partial charge in [-0.1, -0.05) is 0 Å². The highest BCUT2D eigenvalue weighted by atomic mass is 127. The summed E-state index contributed by atoms with van der Waals surface area (Å²) in [5, 5.41) is 10.9. The highest BCUT2D eigenvalue weighted by Crippen LogP contribution is 2.29. The third-order valence-electron chi connectivity index (χ3n) is 4.45. The summed E-state index contributed by atoms with van der Waals surface area (Å²) >= 11 is 0. The Morgan fingerprint density at radius 2 is 2.16 bits per heavy atom. The molecular weight excluding hydrogens is 530 g/mol. The normalized spacial score (nSPS) is 16.3. The Morgan fingerprint density at radius 3 is 2.81 bits per heavy atom. The summed E-state index contributed by atoms with van der Waals surface area (Å²) in [7, 11) is 3.27. The number of aliphatic imine (C=N–C) groups is 1. The maximum Gasteiger partial charge on any atom is 0.417 e. The first-order chi connectivity index (χ1) is 14.4. The number of halogens is 4. The second kappa shape index (κ2) is 11.5. The molecule has 0 saturated carbocycles. The fourth-order valence-electron chi connectivity index (χ4n) is 3.02. The number of fused-ring (bicyclic) bond motifs is 1. The minimum Gasteiger partial charge on any atom is -0.476 e. The van der Waals surface area contributed by atoms with Crippen LogP contribution in [-0.2, 0) is 30.5 Å². The van der Waals surface area contributed by atoms with Gasteiger partial charge in [-0.05, 0) is 12.5 Å². The lowest BCUT2D eigenvalue weighted by Gasteiger charge is -2.25. The molecule has 0 spiro atoms.